The van der Waals surface area contributed by atoms with E-state index in [9.17, 15) is 0 Å². The Morgan fingerprint density at radius 3 is 1.40 bits per heavy atom. The minimum atomic E-state index is 0.329. The molecule has 2 nitrogen and oxygen atoms in total. The first-order chi connectivity index (χ1) is 16.9. The molecule has 0 radical (unpaired) electrons. The Hall–Kier alpha value is -4.04. The highest BCUT2D eigenvalue weighted by atomic mass is 16.5. The molecule has 35 heavy (non-hydrogen) atoms. The SMILES string of the molecule is COc1ccc(C)cc1.Cc1ccc(O)cc1.Cc1ccc2ccccc2c1.Cc1ccccc1. The topological polar surface area (TPSA) is 29.5 Å². The molecule has 180 valence electrons. The summed E-state index contributed by atoms with van der Waals surface area (Å²) in [5.41, 5.74) is 5.07. The molecule has 0 aliphatic carbocycles. The lowest BCUT2D eigenvalue weighted by molar-refractivity contribution is 0.414. The summed E-state index contributed by atoms with van der Waals surface area (Å²) in [5.74, 6) is 1.25. The average Bonchev–Trinajstić information content (AvgIpc) is 2.88. The van der Waals surface area contributed by atoms with E-state index in [4.69, 9.17) is 9.84 Å². The van der Waals surface area contributed by atoms with Crippen molar-refractivity contribution in [2.75, 3.05) is 7.11 Å². The van der Waals surface area contributed by atoms with Crippen molar-refractivity contribution in [3.63, 3.8) is 0 Å². The molecule has 0 aliphatic heterocycles. The Morgan fingerprint density at radius 1 is 0.457 bits per heavy atom. The van der Waals surface area contributed by atoms with E-state index in [1.54, 1.807) is 19.2 Å². The number of aromatic hydroxyl groups is 1. The maximum absolute atomic E-state index is 8.76. The summed E-state index contributed by atoms with van der Waals surface area (Å²) in [6, 6.07) is 40.2. The van der Waals surface area contributed by atoms with Crippen LogP contribution in [0.4, 0.5) is 0 Å². The van der Waals surface area contributed by atoms with E-state index < -0.39 is 0 Å². The maximum Gasteiger partial charge on any atom is 0.118 e. The number of methoxy groups -OCH3 is 1. The summed E-state index contributed by atoms with van der Waals surface area (Å²) < 4.78 is 4.97. The van der Waals surface area contributed by atoms with Gasteiger partial charge in [-0.2, -0.15) is 0 Å². The van der Waals surface area contributed by atoms with Gasteiger partial charge in [-0.15, -0.1) is 0 Å². The fourth-order valence-corrected chi connectivity index (χ4v) is 3.06. The number of hydrogen-bond donors (Lipinski definition) is 1. The molecular formula is C33H36O2. The molecular weight excluding hydrogens is 428 g/mol. The molecule has 0 saturated heterocycles. The molecule has 2 heteroatoms. The lowest BCUT2D eigenvalue weighted by atomic mass is 10.1. The van der Waals surface area contributed by atoms with Crippen LogP contribution in [-0.2, 0) is 0 Å². The number of fused-ring (bicyclic) bond motifs is 1. The van der Waals surface area contributed by atoms with Gasteiger partial charge in [-0.3, -0.25) is 0 Å². The molecule has 0 aliphatic rings. The Balaban J connectivity index is 0.000000167. The first-order valence-corrected chi connectivity index (χ1v) is 11.7. The van der Waals surface area contributed by atoms with Crippen molar-refractivity contribution in [3.05, 3.63) is 144 Å². The molecule has 0 amide bonds. The molecule has 0 saturated carbocycles. The van der Waals surface area contributed by atoms with Crippen LogP contribution in [0.1, 0.15) is 22.3 Å². The van der Waals surface area contributed by atoms with Gasteiger partial charge in [0.25, 0.3) is 0 Å². The minimum Gasteiger partial charge on any atom is -0.508 e. The van der Waals surface area contributed by atoms with Gasteiger partial charge in [0.1, 0.15) is 11.5 Å². The van der Waals surface area contributed by atoms with Gasteiger partial charge in [0, 0.05) is 0 Å². The van der Waals surface area contributed by atoms with Gasteiger partial charge < -0.3 is 9.84 Å². The van der Waals surface area contributed by atoms with Crippen molar-refractivity contribution < 1.29 is 9.84 Å². The van der Waals surface area contributed by atoms with Crippen LogP contribution in [0.3, 0.4) is 0 Å². The fourth-order valence-electron chi connectivity index (χ4n) is 3.06. The van der Waals surface area contributed by atoms with Crippen molar-refractivity contribution in [3.8, 4) is 11.5 Å². The average molecular weight is 465 g/mol. The molecule has 0 heterocycles. The fraction of sp³-hybridized carbons (Fsp3) is 0.152. The summed E-state index contributed by atoms with van der Waals surface area (Å²) in [6.45, 7) is 8.24. The second kappa shape index (κ2) is 15.0. The van der Waals surface area contributed by atoms with Gasteiger partial charge in [-0.25, -0.2) is 0 Å². The zero-order chi connectivity index (χ0) is 25.5. The van der Waals surface area contributed by atoms with Crippen LogP contribution in [0.2, 0.25) is 0 Å². The van der Waals surface area contributed by atoms with Crippen molar-refractivity contribution in [1.82, 2.24) is 0 Å². The van der Waals surface area contributed by atoms with Crippen LogP contribution in [0.15, 0.2) is 121 Å². The number of phenols is 1. The van der Waals surface area contributed by atoms with Gasteiger partial charge in [-0.05, 0) is 62.7 Å². The smallest absolute Gasteiger partial charge is 0.118 e. The number of aryl methyl sites for hydroxylation is 4. The van der Waals surface area contributed by atoms with Gasteiger partial charge in [0.05, 0.1) is 7.11 Å². The molecule has 0 unspecified atom stereocenters. The van der Waals surface area contributed by atoms with Gasteiger partial charge in [-0.1, -0.05) is 119 Å². The lowest BCUT2D eigenvalue weighted by Gasteiger charge is -1.97. The van der Waals surface area contributed by atoms with Crippen LogP contribution in [0, 0.1) is 27.7 Å². The van der Waals surface area contributed by atoms with Crippen LogP contribution >= 0.6 is 0 Å². The van der Waals surface area contributed by atoms with Crippen molar-refractivity contribution in [2.24, 2.45) is 0 Å². The summed E-state index contributed by atoms with van der Waals surface area (Å²) in [7, 11) is 1.67. The van der Waals surface area contributed by atoms with Crippen molar-refractivity contribution in [1.29, 1.82) is 0 Å². The minimum absolute atomic E-state index is 0.329. The zero-order valence-electron chi connectivity index (χ0n) is 21.4. The van der Waals surface area contributed by atoms with E-state index in [1.807, 2.05) is 61.5 Å². The van der Waals surface area contributed by atoms with E-state index in [0.717, 1.165) is 5.75 Å². The second-order valence-electron chi connectivity index (χ2n) is 8.36. The Labute approximate surface area is 210 Å². The summed E-state index contributed by atoms with van der Waals surface area (Å²) in [5, 5.41) is 11.4. The Bertz CT molecular complexity index is 1220. The van der Waals surface area contributed by atoms with Gasteiger partial charge in [0.2, 0.25) is 0 Å². The highest BCUT2D eigenvalue weighted by Crippen LogP contribution is 2.14. The molecule has 0 aromatic heterocycles. The zero-order valence-corrected chi connectivity index (χ0v) is 21.4. The highest BCUT2D eigenvalue weighted by molar-refractivity contribution is 5.82. The van der Waals surface area contributed by atoms with Crippen LogP contribution < -0.4 is 4.74 Å². The monoisotopic (exact) mass is 464 g/mol. The van der Waals surface area contributed by atoms with Gasteiger partial charge in [0.15, 0.2) is 0 Å². The summed E-state index contributed by atoms with van der Waals surface area (Å²) in [6.07, 6.45) is 0. The molecule has 0 bridgehead atoms. The van der Waals surface area contributed by atoms with Crippen molar-refractivity contribution >= 4 is 10.8 Å². The number of phenolic OH excluding ortho intramolecular Hbond substituents is 1. The van der Waals surface area contributed by atoms with E-state index in [1.165, 1.54) is 33.0 Å². The Kier molecular flexibility index (Phi) is 11.6. The third-order valence-electron chi connectivity index (χ3n) is 5.14. The summed E-state index contributed by atoms with van der Waals surface area (Å²) in [4.78, 5) is 0. The maximum atomic E-state index is 8.76. The number of rotatable bonds is 1. The first-order valence-electron chi connectivity index (χ1n) is 11.7. The Morgan fingerprint density at radius 2 is 0.914 bits per heavy atom. The van der Waals surface area contributed by atoms with Crippen molar-refractivity contribution in [2.45, 2.75) is 27.7 Å². The molecule has 0 spiro atoms. The molecule has 1 N–H and O–H groups in total. The largest absolute Gasteiger partial charge is 0.508 e. The second-order valence-corrected chi connectivity index (χ2v) is 8.36. The molecule has 5 aromatic rings. The summed E-state index contributed by atoms with van der Waals surface area (Å²) >= 11 is 0. The normalized spacial score (nSPS) is 9.40. The van der Waals surface area contributed by atoms with Crippen LogP contribution in [0.5, 0.6) is 11.5 Å². The molecule has 5 rings (SSSR count). The number of hydrogen-bond acceptors (Lipinski definition) is 2. The predicted octanol–water partition coefficient (Wildman–Crippen LogP) is 8.85. The highest BCUT2D eigenvalue weighted by Gasteiger charge is 1.89. The molecule has 0 atom stereocenters. The molecule has 0 fully saturated rings. The number of ether oxygens (including phenoxy) is 1. The molecule has 5 aromatic carbocycles. The van der Waals surface area contributed by atoms with E-state index in [2.05, 4.69) is 75.4 Å². The first kappa shape index (κ1) is 27.2. The standard InChI is InChI=1S/C11H10.C8H10O.C7H8O.C7H8/c1-9-6-7-10-4-2-3-5-11(10)8-9;1-7-3-5-8(9-2)6-4-7;1-6-2-4-7(8)5-3-6;1-7-5-3-2-4-6-7/h2-8H,1H3;3-6H,1-2H3;2-5,8H,1H3;2-6H,1H3. The van der Waals surface area contributed by atoms with Crippen LogP contribution in [0.25, 0.3) is 10.8 Å². The number of benzene rings is 5. The third-order valence-corrected chi connectivity index (χ3v) is 5.14. The predicted molar refractivity (Wildman–Crippen MR) is 150 cm³/mol. The van der Waals surface area contributed by atoms with Crippen LogP contribution in [-0.4, -0.2) is 12.2 Å². The van der Waals surface area contributed by atoms with E-state index in [0.29, 0.717) is 5.75 Å². The van der Waals surface area contributed by atoms with Gasteiger partial charge >= 0.3 is 0 Å². The van der Waals surface area contributed by atoms with E-state index in [-0.39, 0.29) is 0 Å². The lowest BCUT2D eigenvalue weighted by Crippen LogP contribution is -1.80. The van der Waals surface area contributed by atoms with E-state index >= 15 is 0 Å². The quantitative estimate of drug-likeness (QED) is 0.268. The third kappa shape index (κ3) is 11.1.